The van der Waals surface area contributed by atoms with Gasteiger partial charge in [0, 0.05) is 10.6 Å². The Morgan fingerprint density at radius 2 is 1.59 bits per heavy atom. The van der Waals surface area contributed by atoms with Crippen LogP contribution in [0.4, 0.5) is 5.69 Å². The van der Waals surface area contributed by atoms with Gasteiger partial charge in [-0.2, -0.15) is 5.10 Å². The SMILES string of the molecule is Cc1ccc(S(=O)(=O)N(CC(=O)N/N=C\c2ccccc2Cl)c2cc(C)cc(C)c2)cc1. The number of halogens is 1. The van der Waals surface area contributed by atoms with Crippen molar-refractivity contribution in [3.8, 4) is 0 Å². The summed E-state index contributed by atoms with van der Waals surface area (Å²) < 4.78 is 28.0. The third-order valence-corrected chi connectivity index (χ3v) is 6.82. The lowest BCUT2D eigenvalue weighted by Crippen LogP contribution is -2.39. The Hall–Kier alpha value is -3.16. The lowest BCUT2D eigenvalue weighted by atomic mass is 10.1. The smallest absolute Gasteiger partial charge is 0.264 e. The first kappa shape index (κ1) is 23.5. The zero-order valence-electron chi connectivity index (χ0n) is 18.0. The van der Waals surface area contributed by atoms with E-state index in [1.54, 1.807) is 48.5 Å². The molecule has 8 heteroatoms. The molecule has 0 aromatic heterocycles. The summed E-state index contributed by atoms with van der Waals surface area (Å²) in [4.78, 5) is 12.7. The minimum absolute atomic E-state index is 0.106. The molecule has 0 spiro atoms. The number of carbonyl (C=O) groups excluding carboxylic acids is 1. The predicted molar refractivity (Wildman–Crippen MR) is 129 cm³/mol. The molecule has 3 aromatic rings. The Bertz CT molecular complexity index is 1240. The van der Waals surface area contributed by atoms with Gasteiger partial charge in [-0.15, -0.1) is 0 Å². The fourth-order valence-electron chi connectivity index (χ4n) is 3.17. The van der Waals surface area contributed by atoms with E-state index in [0.717, 1.165) is 21.0 Å². The fraction of sp³-hybridized carbons (Fsp3) is 0.167. The number of sulfonamides is 1. The minimum Gasteiger partial charge on any atom is -0.271 e. The number of benzene rings is 3. The van der Waals surface area contributed by atoms with E-state index < -0.39 is 22.5 Å². The molecule has 166 valence electrons. The van der Waals surface area contributed by atoms with Crippen LogP contribution >= 0.6 is 11.6 Å². The molecule has 0 aliphatic heterocycles. The van der Waals surface area contributed by atoms with Crippen LogP contribution < -0.4 is 9.73 Å². The van der Waals surface area contributed by atoms with Crippen molar-refractivity contribution in [3.05, 3.63) is 94.0 Å². The summed E-state index contributed by atoms with van der Waals surface area (Å²) in [6, 6.07) is 19.0. The van der Waals surface area contributed by atoms with E-state index in [2.05, 4.69) is 10.5 Å². The largest absolute Gasteiger partial charge is 0.271 e. The van der Waals surface area contributed by atoms with Gasteiger partial charge in [0.2, 0.25) is 0 Å². The maximum absolute atomic E-state index is 13.4. The Balaban J connectivity index is 1.89. The third kappa shape index (κ3) is 5.75. The highest BCUT2D eigenvalue weighted by molar-refractivity contribution is 7.92. The van der Waals surface area contributed by atoms with Gasteiger partial charge in [-0.25, -0.2) is 13.8 Å². The molecule has 0 aliphatic rings. The van der Waals surface area contributed by atoms with E-state index in [1.165, 1.54) is 18.3 Å². The first-order valence-electron chi connectivity index (χ1n) is 9.91. The third-order valence-electron chi connectivity index (χ3n) is 4.69. The molecule has 0 aliphatic carbocycles. The Morgan fingerprint density at radius 3 is 2.22 bits per heavy atom. The summed E-state index contributed by atoms with van der Waals surface area (Å²) in [6.45, 7) is 5.20. The Morgan fingerprint density at radius 1 is 0.969 bits per heavy atom. The molecule has 6 nitrogen and oxygen atoms in total. The van der Waals surface area contributed by atoms with Crippen molar-refractivity contribution in [1.29, 1.82) is 0 Å². The van der Waals surface area contributed by atoms with Crippen molar-refractivity contribution in [2.75, 3.05) is 10.8 Å². The number of anilines is 1. The number of nitrogens with one attached hydrogen (secondary N) is 1. The number of rotatable bonds is 7. The van der Waals surface area contributed by atoms with Gasteiger partial charge in [-0.3, -0.25) is 9.10 Å². The molecule has 0 saturated carbocycles. The molecule has 3 aromatic carbocycles. The van der Waals surface area contributed by atoms with Crippen LogP contribution in [-0.2, 0) is 14.8 Å². The van der Waals surface area contributed by atoms with Crippen LogP contribution in [0, 0.1) is 20.8 Å². The molecule has 1 N–H and O–H groups in total. The van der Waals surface area contributed by atoms with Gasteiger partial charge in [-0.05, 0) is 62.2 Å². The molecule has 32 heavy (non-hydrogen) atoms. The van der Waals surface area contributed by atoms with Gasteiger partial charge in [0.15, 0.2) is 0 Å². The number of amides is 1. The van der Waals surface area contributed by atoms with Crippen molar-refractivity contribution in [2.24, 2.45) is 5.10 Å². The van der Waals surface area contributed by atoms with Crippen LogP contribution in [-0.4, -0.2) is 27.1 Å². The van der Waals surface area contributed by atoms with Crippen molar-refractivity contribution < 1.29 is 13.2 Å². The van der Waals surface area contributed by atoms with E-state index in [9.17, 15) is 13.2 Å². The molecule has 0 radical (unpaired) electrons. The highest BCUT2D eigenvalue weighted by atomic mass is 35.5. The first-order chi connectivity index (χ1) is 15.2. The van der Waals surface area contributed by atoms with Crippen molar-refractivity contribution >= 4 is 39.4 Å². The van der Waals surface area contributed by atoms with Gasteiger partial charge < -0.3 is 0 Å². The molecular formula is C24H24ClN3O3S. The number of carbonyl (C=O) groups is 1. The second kappa shape index (κ2) is 9.97. The first-order valence-corrected chi connectivity index (χ1v) is 11.7. The second-order valence-corrected chi connectivity index (χ2v) is 9.75. The minimum atomic E-state index is -3.98. The molecule has 0 fully saturated rings. The lowest BCUT2D eigenvalue weighted by Gasteiger charge is -2.24. The van der Waals surface area contributed by atoms with Crippen LogP contribution in [0.1, 0.15) is 22.3 Å². The van der Waals surface area contributed by atoms with Crippen molar-refractivity contribution in [1.82, 2.24) is 5.43 Å². The van der Waals surface area contributed by atoms with Gasteiger partial charge >= 0.3 is 0 Å². The van der Waals surface area contributed by atoms with Crippen molar-refractivity contribution in [2.45, 2.75) is 25.7 Å². The molecule has 0 saturated heterocycles. The highest BCUT2D eigenvalue weighted by Crippen LogP contribution is 2.26. The van der Waals surface area contributed by atoms with Crippen LogP contribution in [0.15, 0.2) is 76.7 Å². The highest BCUT2D eigenvalue weighted by Gasteiger charge is 2.27. The van der Waals surface area contributed by atoms with E-state index >= 15 is 0 Å². The topological polar surface area (TPSA) is 78.8 Å². The zero-order valence-corrected chi connectivity index (χ0v) is 19.6. The Labute approximate surface area is 193 Å². The van der Waals surface area contributed by atoms with E-state index in [0.29, 0.717) is 16.3 Å². The summed E-state index contributed by atoms with van der Waals surface area (Å²) in [6.07, 6.45) is 1.41. The summed E-state index contributed by atoms with van der Waals surface area (Å²) in [7, 11) is -3.98. The van der Waals surface area contributed by atoms with Crippen molar-refractivity contribution in [3.63, 3.8) is 0 Å². The number of nitrogens with zero attached hydrogens (tertiary/aromatic N) is 2. The number of hydrogen-bond donors (Lipinski definition) is 1. The molecule has 0 heterocycles. The normalized spacial score (nSPS) is 11.5. The predicted octanol–water partition coefficient (Wildman–Crippen LogP) is 4.61. The molecule has 3 rings (SSSR count). The number of aryl methyl sites for hydroxylation is 3. The van der Waals surface area contributed by atoms with Crippen LogP contribution in [0.3, 0.4) is 0 Å². The summed E-state index contributed by atoms with van der Waals surface area (Å²) in [5, 5.41) is 4.41. The quantitative estimate of drug-likeness (QED) is 0.405. The summed E-state index contributed by atoms with van der Waals surface area (Å²) in [5.74, 6) is -0.580. The average molecular weight is 470 g/mol. The number of hydrogen-bond acceptors (Lipinski definition) is 4. The maximum Gasteiger partial charge on any atom is 0.264 e. The van der Waals surface area contributed by atoms with Gasteiger partial charge in [0.05, 0.1) is 16.8 Å². The van der Waals surface area contributed by atoms with Crippen LogP contribution in [0.25, 0.3) is 0 Å². The summed E-state index contributed by atoms with van der Waals surface area (Å²) in [5.41, 5.74) is 6.15. The Kier molecular flexibility index (Phi) is 7.33. The van der Waals surface area contributed by atoms with Crippen LogP contribution in [0.2, 0.25) is 5.02 Å². The van der Waals surface area contributed by atoms with E-state index in [4.69, 9.17) is 11.6 Å². The molecule has 0 unspecified atom stereocenters. The van der Waals surface area contributed by atoms with Gasteiger partial charge in [-0.1, -0.05) is 53.6 Å². The molecule has 1 amide bonds. The molecule has 0 bridgehead atoms. The average Bonchev–Trinajstić information content (AvgIpc) is 2.73. The van der Waals surface area contributed by atoms with E-state index in [1.807, 2.05) is 26.8 Å². The lowest BCUT2D eigenvalue weighted by molar-refractivity contribution is -0.119. The van der Waals surface area contributed by atoms with Gasteiger partial charge in [0.1, 0.15) is 6.54 Å². The standard InChI is InChI=1S/C24H24ClN3O3S/c1-17-8-10-22(11-9-17)32(30,31)28(21-13-18(2)12-19(3)14-21)16-24(29)27-26-15-20-6-4-5-7-23(20)25/h4-15H,16H2,1-3H3,(H,27,29)/b26-15-. The van der Waals surface area contributed by atoms with E-state index in [-0.39, 0.29) is 4.90 Å². The molecular weight excluding hydrogens is 446 g/mol. The number of hydrazone groups is 1. The summed E-state index contributed by atoms with van der Waals surface area (Å²) >= 11 is 6.08. The van der Waals surface area contributed by atoms with Gasteiger partial charge in [0.25, 0.3) is 15.9 Å². The molecule has 0 atom stereocenters. The maximum atomic E-state index is 13.4. The fourth-order valence-corrected chi connectivity index (χ4v) is 4.76. The zero-order chi connectivity index (χ0) is 23.3. The monoisotopic (exact) mass is 469 g/mol. The van der Waals surface area contributed by atoms with Crippen LogP contribution in [0.5, 0.6) is 0 Å². The second-order valence-electron chi connectivity index (χ2n) is 7.49.